The molecule has 4 rings (SSSR count). The van der Waals surface area contributed by atoms with Crippen LogP contribution in [-0.2, 0) is 23.9 Å². The fourth-order valence-corrected chi connectivity index (χ4v) is 8.32. The number of esters is 1. The molecule has 0 bridgehead atoms. The van der Waals surface area contributed by atoms with Crippen molar-refractivity contribution in [3.63, 3.8) is 0 Å². The Morgan fingerprint density at radius 2 is 1.81 bits per heavy atom. The van der Waals surface area contributed by atoms with Crippen molar-refractivity contribution in [3.05, 3.63) is 0 Å². The zero-order valence-electron chi connectivity index (χ0n) is 21.8. The van der Waals surface area contributed by atoms with Gasteiger partial charge in [0.2, 0.25) is 0 Å². The van der Waals surface area contributed by atoms with Crippen LogP contribution in [0.25, 0.3) is 0 Å². The Bertz CT molecular complexity index is 929. The Hall–Kier alpha value is -1.73. The van der Waals surface area contributed by atoms with E-state index in [0.29, 0.717) is 39.0 Å². The number of alkyl halides is 3. The summed E-state index contributed by atoms with van der Waals surface area (Å²) in [4.78, 5) is 51.4. The minimum absolute atomic E-state index is 0.00362. The van der Waals surface area contributed by atoms with Crippen LogP contribution in [0, 0.1) is 46.3 Å². The average molecular weight is 513 g/mol. The van der Waals surface area contributed by atoms with E-state index in [1.165, 1.54) is 0 Å². The maximum absolute atomic E-state index is 13.8. The van der Waals surface area contributed by atoms with E-state index in [2.05, 4.69) is 6.92 Å². The van der Waals surface area contributed by atoms with Crippen molar-refractivity contribution in [1.29, 1.82) is 0 Å². The van der Waals surface area contributed by atoms with Crippen LogP contribution in [0.1, 0.15) is 85.5 Å². The van der Waals surface area contributed by atoms with E-state index >= 15 is 0 Å². The summed E-state index contributed by atoms with van der Waals surface area (Å²) in [6.07, 6.45) is 1.88. The highest BCUT2D eigenvalue weighted by Crippen LogP contribution is 2.66. The quantitative estimate of drug-likeness (QED) is 0.420. The molecular formula is C28H39F3O5. The molecule has 0 radical (unpaired) electrons. The molecule has 0 amide bonds. The first kappa shape index (κ1) is 27.3. The van der Waals surface area contributed by atoms with Gasteiger partial charge in [-0.25, -0.2) is 13.2 Å². The van der Waals surface area contributed by atoms with E-state index in [-0.39, 0.29) is 64.7 Å². The highest BCUT2D eigenvalue weighted by Gasteiger charge is 2.66. The minimum Gasteiger partial charge on any atom is -0.462 e. The summed E-state index contributed by atoms with van der Waals surface area (Å²) >= 11 is 0. The normalized spacial score (nSPS) is 40.2. The van der Waals surface area contributed by atoms with Gasteiger partial charge < -0.3 is 4.74 Å². The Balaban J connectivity index is 1.43. The van der Waals surface area contributed by atoms with Crippen molar-refractivity contribution in [2.45, 2.75) is 97.6 Å². The van der Waals surface area contributed by atoms with Crippen LogP contribution in [0.5, 0.6) is 0 Å². The number of halogens is 3. The van der Waals surface area contributed by atoms with E-state index < -0.39 is 30.1 Å². The fraction of sp³-hybridized carbons (Fsp3) is 0.857. The van der Waals surface area contributed by atoms with Crippen molar-refractivity contribution in [3.8, 4) is 0 Å². The van der Waals surface area contributed by atoms with Crippen LogP contribution in [0.2, 0.25) is 0 Å². The number of fused-ring (bicyclic) bond motifs is 5. The summed E-state index contributed by atoms with van der Waals surface area (Å²) in [5.41, 5.74) is -0.817. The summed E-state index contributed by atoms with van der Waals surface area (Å²) in [6.45, 7) is 5.62. The van der Waals surface area contributed by atoms with Gasteiger partial charge in [0.05, 0.1) is 0 Å². The van der Waals surface area contributed by atoms with E-state index in [1.54, 1.807) is 0 Å². The van der Waals surface area contributed by atoms with E-state index in [4.69, 9.17) is 4.74 Å². The van der Waals surface area contributed by atoms with Crippen molar-refractivity contribution >= 4 is 23.3 Å². The summed E-state index contributed by atoms with van der Waals surface area (Å²) in [5, 5.41) is 0. The third-order valence-electron chi connectivity index (χ3n) is 10.6. The summed E-state index contributed by atoms with van der Waals surface area (Å²) in [6, 6.07) is 0. The molecule has 0 spiro atoms. The van der Waals surface area contributed by atoms with Crippen molar-refractivity contribution in [2.24, 2.45) is 46.3 Å². The summed E-state index contributed by atoms with van der Waals surface area (Å²) in [7, 11) is 0. The number of Topliss-reactive ketones (excluding diaryl/α,β-unsaturated/α-hetero) is 3. The van der Waals surface area contributed by atoms with E-state index in [1.807, 2.05) is 13.8 Å². The van der Waals surface area contributed by atoms with Gasteiger partial charge in [-0.3, -0.25) is 19.2 Å². The first-order chi connectivity index (χ1) is 16.7. The van der Waals surface area contributed by atoms with Gasteiger partial charge in [0.25, 0.3) is 5.92 Å². The van der Waals surface area contributed by atoms with Gasteiger partial charge in [0.1, 0.15) is 24.0 Å². The highest BCUT2D eigenvalue weighted by atomic mass is 19.3. The number of hydrogen-bond acceptors (Lipinski definition) is 5. The molecular weight excluding hydrogens is 473 g/mol. The monoisotopic (exact) mass is 512 g/mol. The Morgan fingerprint density at radius 1 is 1.11 bits per heavy atom. The van der Waals surface area contributed by atoms with Crippen molar-refractivity contribution in [2.75, 3.05) is 6.61 Å². The predicted molar refractivity (Wildman–Crippen MR) is 126 cm³/mol. The first-order valence-corrected chi connectivity index (χ1v) is 13.4. The molecule has 4 aliphatic rings. The van der Waals surface area contributed by atoms with Crippen molar-refractivity contribution in [1.82, 2.24) is 0 Å². The van der Waals surface area contributed by atoms with Crippen LogP contribution in [0.3, 0.4) is 0 Å². The Labute approximate surface area is 211 Å². The predicted octanol–water partition coefficient (Wildman–Crippen LogP) is 5.53. The maximum Gasteiger partial charge on any atom is 0.305 e. The number of hydrogen-bond donors (Lipinski definition) is 0. The second-order valence-corrected chi connectivity index (χ2v) is 12.6. The third kappa shape index (κ3) is 4.55. The molecule has 4 fully saturated rings. The molecule has 8 heteroatoms. The summed E-state index contributed by atoms with van der Waals surface area (Å²) in [5.74, 6) is -3.90. The van der Waals surface area contributed by atoms with Gasteiger partial charge in [-0.05, 0) is 60.7 Å². The molecule has 0 aromatic carbocycles. The van der Waals surface area contributed by atoms with E-state index in [9.17, 15) is 32.3 Å². The Morgan fingerprint density at radius 3 is 2.47 bits per heavy atom. The average Bonchev–Trinajstić information content (AvgIpc) is 3.15. The molecule has 4 aliphatic carbocycles. The molecule has 202 valence electrons. The Kier molecular flexibility index (Phi) is 7.24. The largest absolute Gasteiger partial charge is 0.462 e. The molecule has 36 heavy (non-hydrogen) atoms. The molecule has 0 N–H and O–H groups in total. The topological polar surface area (TPSA) is 77.5 Å². The number of rotatable bonds is 7. The lowest BCUT2D eigenvalue weighted by molar-refractivity contribution is -0.166. The van der Waals surface area contributed by atoms with Crippen molar-refractivity contribution < 1.29 is 37.1 Å². The number of carbonyl (C=O) groups excluding carboxylic acids is 4. The molecule has 0 aliphatic heterocycles. The second-order valence-electron chi connectivity index (χ2n) is 12.6. The maximum atomic E-state index is 13.8. The standard InChI is InChI=1S/C28H39F3O5/c1-15(5-8-24(35)36-14-22(29)28(4,30)31)18-6-7-19-25-20(13-23(34)27(18,19)3)26(2)10-9-17(32)11-16(26)12-21(25)33/h15-16,18-20,22,25H,5-14H2,1-4H3/t15?,16-,18+,19-,20-,22?,25-,26-,27+/m0/s1. The van der Waals surface area contributed by atoms with Crippen LogP contribution < -0.4 is 0 Å². The number of carbonyl (C=O) groups is 4. The van der Waals surface area contributed by atoms with Crippen LogP contribution in [-0.4, -0.2) is 42.0 Å². The van der Waals surface area contributed by atoms with E-state index in [0.717, 1.165) is 19.3 Å². The lowest BCUT2D eigenvalue weighted by Crippen LogP contribution is -2.60. The summed E-state index contributed by atoms with van der Waals surface area (Å²) < 4.78 is 44.0. The molecule has 0 aromatic heterocycles. The van der Waals surface area contributed by atoms with Crippen LogP contribution >= 0.6 is 0 Å². The zero-order valence-corrected chi connectivity index (χ0v) is 21.8. The molecule has 5 nitrogen and oxygen atoms in total. The second kappa shape index (κ2) is 9.54. The molecule has 2 unspecified atom stereocenters. The third-order valence-corrected chi connectivity index (χ3v) is 10.6. The van der Waals surface area contributed by atoms with Gasteiger partial charge in [-0.2, -0.15) is 0 Å². The minimum atomic E-state index is -3.57. The smallest absolute Gasteiger partial charge is 0.305 e. The van der Waals surface area contributed by atoms with Gasteiger partial charge in [-0.1, -0.05) is 20.8 Å². The fourth-order valence-electron chi connectivity index (χ4n) is 8.32. The zero-order chi connectivity index (χ0) is 26.6. The number of ether oxygens (including phenoxy) is 1. The highest BCUT2D eigenvalue weighted by molar-refractivity contribution is 5.93. The lowest BCUT2D eigenvalue weighted by Gasteiger charge is -2.58. The van der Waals surface area contributed by atoms with Gasteiger partial charge in [0, 0.05) is 50.4 Å². The van der Waals surface area contributed by atoms with Gasteiger partial charge in [-0.15, -0.1) is 0 Å². The van der Waals surface area contributed by atoms with Gasteiger partial charge in [0.15, 0.2) is 6.17 Å². The molecule has 0 saturated heterocycles. The lowest BCUT2D eigenvalue weighted by atomic mass is 9.44. The van der Waals surface area contributed by atoms with Gasteiger partial charge >= 0.3 is 5.97 Å². The van der Waals surface area contributed by atoms with Crippen LogP contribution in [0.15, 0.2) is 0 Å². The first-order valence-electron chi connectivity index (χ1n) is 13.4. The van der Waals surface area contributed by atoms with Crippen LogP contribution in [0.4, 0.5) is 13.2 Å². The molecule has 4 saturated carbocycles. The molecule has 0 heterocycles. The molecule has 0 aromatic rings. The number of ketones is 3. The molecule has 9 atom stereocenters. The SMILES string of the molecule is CC(CCC(=O)OCC(F)C(C)(F)F)[C@H]1CC[C@H]2[C@@H]3C(=O)C[C@@H]4CC(=O)CC[C@]4(C)[C@H]3CC(=O)[C@]12C.